The van der Waals surface area contributed by atoms with Crippen LogP contribution in [0.1, 0.15) is 46.0 Å². The first-order valence-corrected chi connectivity index (χ1v) is 13.0. The first kappa shape index (κ1) is 31.9. The zero-order chi connectivity index (χ0) is 30.2. The SMILES string of the molecule is CCc1cccc(CNC(Cc2cc(F)cc(F)c2)[C@H](O)CNC(=O)C(O)CC(=O)c2cccc(C(F)(F)F)c2)c1. The molecule has 0 aliphatic heterocycles. The first-order chi connectivity index (χ1) is 19.3. The number of ketones is 1. The van der Waals surface area contributed by atoms with Crippen molar-refractivity contribution in [3.05, 3.63) is 106 Å². The van der Waals surface area contributed by atoms with Gasteiger partial charge in [-0.3, -0.25) is 9.59 Å². The summed E-state index contributed by atoms with van der Waals surface area (Å²) in [7, 11) is 0. The molecule has 0 saturated carbocycles. The fourth-order valence-corrected chi connectivity index (χ4v) is 4.26. The van der Waals surface area contributed by atoms with Gasteiger partial charge in [-0.15, -0.1) is 0 Å². The summed E-state index contributed by atoms with van der Waals surface area (Å²) in [5.74, 6) is -3.46. The van der Waals surface area contributed by atoms with Crippen LogP contribution in [0.2, 0.25) is 0 Å². The molecule has 3 aromatic carbocycles. The molecule has 0 saturated heterocycles. The van der Waals surface area contributed by atoms with Gasteiger partial charge in [-0.1, -0.05) is 43.3 Å². The number of alkyl halides is 3. The van der Waals surface area contributed by atoms with Crippen molar-refractivity contribution in [2.45, 2.75) is 57.2 Å². The van der Waals surface area contributed by atoms with Crippen molar-refractivity contribution in [3.63, 3.8) is 0 Å². The van der Waals surface area contributed by atoms with Crippen molar-refractivity contribution in [2.24, 2.45) is 0 Å². The van der Waals surface area contributed by atoms with Crippen LogP contribution >= 0.6 is 0 Å². The molecule has 0 spiro atoms. The third kappa shape index (κ3) is 9.73. The van der Waals surface area contributed by atoms with Gasteiger partial charge in [0.05, 0.1) is 11.7 Å². The van der Waals surface area contributed by atoms with Gasteiger partial charge in [0.2, 0.25) is 5.91 Å². The minimum atomic E-state index is -4.66. The molecule has 0 radical (unpaired) electrons. The summed E-state index contributed by atoms with van der Waals surface area (Å²) in [6.45, 7) is 1.91. The Labute approximate surface area is 234 Å². The van der Waals surface area contributed by atoms with Crippen LogP contribution in [0.5, 0.6) is 0 Å². The molecule has 0 aliphatic carbocycles. The number of rotatable bonds is 13. The van der Waals surface area contributed by atoms with E-state index in [1.165, 1.54) is 0 Å². The number of Topliss-reactive ketones (excluding diaryl/α,β-unsaturated/α-hetero) is 1. The molecule has 3 aromatic rings. The van der Waals surface area contributed by atoms with Crippen LogP contribution in [0.3, 0.4) is 0 Å². The average molecular weight is 579 g/mol. The van der Waals surface area contributed by atoms with E-state index in [0.717, 1.165) is 53.9 Å². The minimum Gasteiger partial charge on any atom is -0.390 e. The van der Waals surface area contributed by atoms with Gasteiger partial charge in [0.15, 0.2) is 5.78 Å². The number of nitrogens with one attached hydrogen (secondary N) is 2. The molecule has 11 heteroatoms. The lowest BCUT2D eigenvalue weighted by atomic mass is 9.99. The number of amides is 1. The predicted octanol–water partition coefficient (Wildman–Crippen LogP) is 4.36. The maximum atomic E-state index is 13.8. The highest BCUT2D eigenvalue weighted by atomic mass is 19.4. The van der Waals surface area contributed by atoms with Crippen molar-refractivity contribution in [1.29, 1.82) is 0 Å². The number of carbonyl (C=O) groups is 2. The summed E-state index contributed by atoms with van der Waals surface area (Å²) >= 11 is 0. The van der Waals surface area contributed by atoms with Gasteiger partial charge >= 0.3 is 6.18 Å². The highest BCUT2D eigenvalue weighted by Gasteiger charge is 2.31. The fourth-order valence-electron chi connectivity index (χ4n) is 4.26. The number of carbonyl (C=O) groups excluding carboxylic acids is 2. The van der Waals surface area contributed by atoms with Gasteiger partial charge in [0.25, 0.3) is 0 Å². The second-order valence-corrected chi connectivity index (χ2v) is 9.68. The van der Waals surface area contributed by atoms with E-state index in [1.54, 1.807) is 0 Å². The quantitative estimate of drug-likeness (QED) is 0.179. The normalized spacial score (nSPS) is 13.9. The van der Waals surface area contributed by atoms with E-state index < -0.39 is 66.3 Å². The van der Waals surface area contributed by atoms with Gasteiger partial charge in [0.1, 0.15) is 17.7 Å². The molecule has 2 unspecified atom stereocenters. The summed E-state index contributed by atoms with van der Waals surface area (Å²) in [6.07, 6.45) is -7.80. The van der Waals surface area contributed by atoms with Crippen LogP contribution in [0.4, 0.5) is 22.0 Å². The van der Waals surface area contributed by atoms with Gasteiger partial charge in [-0.2, -0.15) is 13.2 Å². The van der Waals surface area contributed by atoms with Crippen molar-refractivity contribution in [1.82, 2.24) is 10.6 Å². The molecule has 220 valence electrons. The molecule has 4 N–H and O–H groups in total. The highest BCUT2D eigenvalue weighted by Crippen LogP contribution is 2.29. The molecule has 41 heavy (non-hydrogen) atoms. The standard InChI is InChI=1S/C30H31F5N2O4/c1-2-18-5-3-6-19(9-18)16-36-25(12-20-10-23(31)14-24(32)11-20)28(40)17-37-29(41)27(39)15-26(38)21-7-4-8-22(13-21)30(33,34)35/h3-11,13-14,25,27-28,36,39-40H,2,12,15-17H2,1H3,(H,37,41)/t25?,27?,28-/m1/s1. The monoisotopic (exact) mass is 578 g/mol. The zero-order valence-electron chi connectivity index (χ0n) is 22.2. The maximum Gasteiger partial charge on any atom is 0.416 e. The summed E-state index contributed by atoms with van der Waals surface area (Å²) in [6, 6.07) is 13.5. The third-order valence-corrected chi connectivity index (χ3v) is 6.49. The highest BCUT2D eigenvalue weighted by molar-refractivity contribution is 5.99. The number of hydrogen-bond donors (Lipinski definition) is 4. The third-order valence-electron chi connectivity index (χ3n) is 6.49. The summed E-state index contributed by atoms with van der Waals surface area (Å²) in [5, 5.41) is 26.5. The topological polar surface area (TPSA) is 98.7 Å². The van der Waals surface area contributed by atoms with Gasteiger partial charge in [-0.05, 0) is 53.8 Å². The predicted molar refractivity (Wildman–Crippen MR) is 142 cm³/mol. The van der Waals surface area contributed by atoms with Crippen LogP contribution in [0.25, 0.3) is 0 Å². The van der Waals surface area contributed by atoms with E-state index in [-0.39, 0.29) is 17.5 Å². The number of benzene rings is 3. The lowest BCUT2D eigenvalue weighted by Gasteiger charge is -2.25. The van der Waals surface area contributed by atoms with E-state index in [2.05, 4.69) is 10.6 Å². The van der Waals surface area contributed by atoms with Crippen LogP contribution in [0.15, 0.2) is 66.7 Å². The van der Waals surface area contributed by atoms with Crippen LogP contribution < -0.4 is 10.6 Å². The Morgan fingerprint density at radius 3 is 2.20 bits per heavy atom. The fraction of sp³-hybridized carbons (Fsp3) is 0.333. The summed E-state index contributed by atoms with van der Waals surface area (Å²) in [5.41, 5.74) is 0.905. The van der Waals surface area contributed by atoms with Crippen LogP contribution in [-0.2, 0) is 30.4 Å². The van der Waals surface area contributed by atoms with Crippen molar-refractivity contribution in [3.8, 4) is 0 Å². The van der Waals surface area contributed by atoms with E-state index >= 15 is 0 Å². The molecular weight excluding hydrogens is 547 g/mol. The Kier molecular flexibility index (Phi) is 11.1. The van der Waals surface area contributed by atoms with Crippen LogP contribution in [-0.4, -0.2) is 46.7 Å². The van der Waals surface area contributed by atoms with Gasteiger partial charge in [0, 0.05) is 37.2 Å². The lowest BCUT2D eigenvalue weighted by Crippen LogP contribution is -2.49. The molecule has 0 aromatic heterocycles. The van der Waals surface area contributed by atoms with Crippen molar-refractivity contribution >= 4 is 11.7 Å². The van der Waals surface area contributed by atoms with Gasteiger partial charge < -0.3 is 20.8 Å². The minimum absolute atomic E-state index is 0.00420. The molecule has 1 amide bonds. The Balaban J connectivity index is 1.64. The van der Waals surface area contributed by atoms with E-state index in [0.29, 0.717) is 12.6 Å². The van der Waals surface area contributed by atoms with Crippen molar-refractivity contribution in [2.75, 3.05) is 6.54 Å². The van der Waals surface area contributed by atoms with Gasteiger partial charge in [-0.25, -0.2) is 8.78 Å². The number of aryl methyl sites for hydroxylation is 1. The Morgan fingerprint density at radius 1 is 0.878 bits per heavy atom. The molecule has 0 bridgehead atoms. The first-order valence-electron chi connectivity index (χ1n) is 13.0. The summed E-state index contributed by atoms with van der Waals surface area (Å²) < 4.78 is 66.4. The van der Waals surface area contributed by atoms with Crippen molar-refractivity contribution < 1.29 is 41.8 Å². The average Bonchev–Trinajstić information content (AvgIpc) is 2.92. The zero-order valence-corrected chi connectivity index (χ0v) is 22.2. The smallest absolute Gasteiger partial charge is 0.390 e. The second kappa shape index (κ2) is 14.3. The summed E-state index contributed by atoms with van der Waals surface area (Å²) in [4.78, 5) is 24.8. The molecule has 0 aliphatic rings. The molecule has 3 atom stereocenters. The lowest BCUT2D eigenvalue weighted by molar-refractivity contribution is -0.137. The number of aliphatic hydroxyl groups excluding tert-OH is 2. The number of hydrogen-bond acceptors (Lipinski definition) is 5. The Hall–Kier alpha value is -3.67. The van der Waals surface area contributed by atoms with Crippen LogP contribution in [0, 0.1) is 11.6 Å². The number of halogens is 5. The Morgan fingerprint density at radius 2 is 1.54 bits per heavy atom. The molecule has 3 rings (SSSR count). The number of aliphatic hydroxyl groups is 2. The molecular formula is C30H31F5N2O4. The van der Waals surface area contributed by atoms with E-state index in [1.807, 2.05) is 31.2 Å². The Bertz CT molecular complexity index is 1330. The van der Waals surface area contributed by atoms with E-state index in [9.17, 15) is 41.8 Å². The molecule has 0 fully saturated rings. The molecule has 6 nitrogen and oxygen atoms in total. The van der Waals surface area contributed by atoms with E-state index in [4.69, 9.17) is 0 Å². The molecule has 0 heterocycles. The maximum absolute atomic E-state index is 13.8. The largest absolute Gasteiger partial charge is 0.416 e. The second-order valence-electron chi connectivity index (χ2n) is 9.68.